The minimum atomic E-state index is -4.26. The number of benzene rings is 2. The second-order valence-corrected chi connectivity index (χ2v) is 8.78. The summed E-state index contributed by atoms with van der Waals surface area (Å²) in [5, 5.41) is 3.60. The van der Waals surface area contributed by atoms with Crippen molar-refractivity contribution in [3.63, 3.8) is 0 Å². The van der Waals surface area contributed by atoms with Crippen LogP contribution in [0.5, 0.6) is 5.75 Å². The number of nitrogens with zero attached hydrogens (tertiary/aromatic N) is 2. The molecular formula is C18H18ClF2N3O3S. The average Bonchev–Trinajstić information content (AvgIpc) is 2.67. The van der Waals surface area contributed by atoms with E-state index in [0.717, 1.165) is 42.6 Å². The third-order valence-corrected chi connectivity index (χ3v) is 6.81. The van der Waals surface area contributed by atoms with E-state index in [9.17, 15) is 17.2 Å². The van der Waals surface area contributed by atoms with Crippen molar-refractivity contribution in [1.82, 2.24) is 5.32 Å². The average molecular weight is 430 g/mol. The number of anilines is 2. The molecule has 1 saturated heterocycles. The number of nitrogens with one attached hydrogen (secondary N) is 1. The lowest BCUT2D eigenvalue weighted by molar-refractivity contribution is 0.315. The Morgan fingerprint density at radius 1 is 1.04 bits per heavy atom. The van der Waals surface area contributed by atoms with E-state index in [0.29, 0.717) is 22.5 Å². The van der Waals surface area contributed by atoms with Crippen molar-refractivity contribution in [1.29, 1.82) is 0 Å². The Hall–Kier alpha value is -2.10. The van der Waals surface area contributed by atoms with Crippen molar-refractivity contribution in [2.24, 2.45) is 0 Å². The van der Waals surface area contributed by atoms with Gasteiger partial charge in [0.25, 0.3) is 10.0 Å². The molecule has 0 amide bonds. The first-order chi connectivity index (χ1) is 13.4. The summed E-state index contributed by atoms with van der Waals surface area (Å²) in [7, 11) is -4.26. The van der Waals surface area contributed by atoms with Crippen LogP contribution in [-0.2, 0) is 10.0 Å². The first-order valence-electron chi connectivity index (χ1n) is 8.78. The van der Waals surface area contributed by atoms with E-state index in [-0.39, 0.29) is 18.8 Å². The molecule has 0 radical (unpaired) electrons. The van der Waals surface area contributed by atoms with Gasteiger partial charge in [0.05, 0.1) is 17.9 Å². The van der Waals surface area contributed by atoms with Gasteiger partial charge in [-0.05, 0) is 24.3 Å². The number of fused-ring (bicyclic) bond motifs is 1. The zero-order chi connectivity index (χ0) is 19.9. The van der Waals surface area contributed by atoms with Crippen molar-refractivity contribution in [2.75, 3.05) is 48.5 Å². The highest BCUT2D eigenvalue weighted by molar-refractivity contribution is 7.92. The van der Waals surface area contributed by atoms with Gasteiger partial charge in [0.1, 0.15) is 23.1 Å². The van der Waals surface area contributed by atoms with Crippen molar-refractivity contribution in [3.05, 3.63) is 47.0 Å². The number of ether oxygens (including phenoxy) is 1. The van der Waals surface area contributed by atoms with Crippen LogP contribution in [0.3, 0.4) is 0 Å². The fourth-order valence-corrected chi connectivity index (χ4v) is 5.14. The summed E-state index contributed by atoms with van der Waals surface area (Å²) in [6.45, 7) is 3.10. The minimum Gasteiger partial charge on any atom is -0.487 e. The van der Waals surface area contributed by atoms with Gasteiger partial charge in [-0.15, -0.1) is 0 Å². The van der Waals surface area contributed by atoms with E-state index in [1.165, 1.54) is 6.07 Å². The Kier molecular flexibility index (Phi) is 5.07. The maximum atomic E-state index is 14.2. The zero-order valence-corrected chi connectivity index (χ0v) is 16.4. The number of sulfonamides is 1. The molecule has 6 nitrogen and oxygen atoms in total. The highest BCUT2D eigenvalue weighted by Gasteiger charge is 2.34. The molecule has 4 rings (SSSR count). The summed E-state index contributed by atoms with van der Waals surface area (Å²) in [4.78, 5) is 1.47. The zero-order valence-electron chi connectivity index (χ0n) is 14.8. The number of rotatable bonds is 3. The lowest BCUT2D eigenvalue weighted by Crippen LogP contribution is -2.44. The molecule has 0 aromatic heterocycles. The van der Waals surface area contributed by atoms with Crippen LogP contribution in [0.25, 0.3) is 0 Å². The van der Waals surface area contributed by atoms with Gasteiger partial charge in [-0.2, -0.15) is 0 Å². The minimum absolute atomic E-state index is 0.00646. The van der Waals surface area contributed by atoms with Gasteiger partial charge in [0, 0.05) is 37.3 Å². The number of piperazine rings is 1. The van der Waals surface area contributed by atoms with Crippen molar-refractivity contribution < 1.29 is 21.9 Å². The summed E-state index contributed by atoms with van der Waals surface area (Å²) in [6.07, 6.45) is 0. The van der Waals surface area contributed by atoms with Crippen LogP contribution in [0.15, 0.2) is 35.2 Å². The molecule has 0 spiro atoms. The molecule has 2 aromatic carbocycles. The molecule has 2 heterocycles. The van der Waals surface area contributed by atoms with E-state index in [1.807, 2.05) is 0 Å². The van der Waals surface area contributed by atoms with Gasteiger partial charge in [-0.3, -0.25) is 4.31 Å². The predicted octanol–water partition coefficient (Wildman–Crippen LogP) is 2.62. The third kappa shape index (κ3) is 3.38. The van der Waals surface area contributed by atoms with Crippen LogP contribution in [0.4, 0.5) is 20.2 Å². The first kappa shape index (κ1) is 19.2. The fourth-order valence-electron chi connectivity index (χ4n) is 3.44. The lowest BCUT2D eigenvalue weighted by atomic mass is 10.2. The molecule has 150 valence electrons. The highest BCUT2D eigenvalue weighted by atomic mass is 35.5. The molecule has 2 aliphatic rings. The van der Waals surface area contributed by atoms with Crippen molar-refractivity contribution in [2.45, 2.75) is 4.90 Å². The van der Waals surface area contributed by atoms with Gasteiger partial charge in [0.15, 0.2) is 5.75 Å². The summed E-state index contributed by atoms with van der Waals surface area (Å²) in [5.41, 5.74) is 0.944. The predicted molar refractivity (Wildman–Crippen MR) is 103 cm³/mol. The van der Waals surface area contributed by atoms with E-state index in [2.05, 4.69) is 10.2 Å². The number of hydrogen-bond acceptors (Lipinski definition) is 5. The SMILES string of the molecule is O=S(=O)(c1ccc(F)cc1F)N1CCOc2c(N3CCNCC3)cc(Cl)cc21. The third-order valence-electron chi connectivity index (χ3n) is 4.74. The molecule has 10 heteroatoms. The van der Waals surface area contributed by atoms with Crippen LogP contribution >= 0.6 is 11.6 Å². The maximum Gasteiger partial charge on any atom is 0.267 e. The molecule has 28 heavy (non-hydrogen) atoms. The van der Waals surface area contributed by atoms with Crippen molar-refractivity contribution in [3.8, 4) is 5.75 Å². The lowest BCUT2D eigenvalue weighted by Gasteiger charge is -2.36. The van der Waals surface area contributed by atoms with Crippen molar-refractivity contribution >= 4 is 33.0 Å². The van der Waals surface area contributed by atoms with E-state index < -0.39 is 26.6 Å². The molecule has 2 aliphatic heterocycles. The van der Waals surface area contributed by atoms with Gasteiger partial charge in [0.2, 0.25) is 0 Å². The number of hydrogen-bond donors (Lipinski definition) is 1. The Balaban J connectivity index is 1.81. The van der Waals surface area contributed by atoms with Gasteiger partial charge >= 0.3 is 0 Å². The summed E-state index contributed by atoms with van der Waals surface area (Å²) < 4.78 is 60.5. The monoisotopic (exact) mass is 429 g/mol. The molecule has 2 aromatic rings. The van der Waals surface area contributed by atoms with Gasteiger partial charge in [-0.25, -0.2) is 17.2 Å². The second kappa shape index (κ2) is 7.38. The van der Waals surface area contributed by atoms with Crippen LogP contribution in [0.2, 0.25) is 5.02 Å². The molecule has 0 aliphatic carbocycles. The Bertz CT molecular complexity index is 1010. The number of halogens is 3. The second-order valence-electron chi connectivity index (χ2n) is 6.51. The van der Waals surface area contributed by atoms with E-state index in [1.54, 1.807) is 6.07 Å². The van der Waals surface area contributed by atoms with Crippen LogP contribution in [0.1, 0.15) is 0 Å². The van der Waals surface area contributed by atoms with Gasteiger partial charge in [-0.1, -0.05) is 11.6 Å². The van der Waals surface area contributed by atoms with Crippen LogP contribution in [-0.4, -0.2) is 47.7 Å². The topological polar surface area (TPSA) is 61.9 Å². The molecule has 0 saturated carbocycles. The maximum absolute atomic E-state index is 14.2. The molecule has 0 bridgehead atoms. The van der Waals surface area contributed by atoms with Gasteiger partial charge < -0.3 is 15.0 Å². The quantitative estimate of drug-likeness (QED) is 0.812. The van der Waals surface area contributed by atoms with E-state index in [4.69, 9.17) is 16.3 Å². The largest absolute Gasteiger partial charge is 0.487 e. The van der Waals surface area contributed by atoms with Crippen LogP contribution < -0.4 is 19.3 Å². The Morgan fingerprint density at radius 3 is 2.46 bits per heavy atom. The smallest absolute Gasteiger partial charge is 0.267 e. The Labute approximate surface area is 166 Å². The highest BCUT2D eigenvalue weighted by Crippen LogP contribution is 2.44. The normalized spacial score (nSPS) is 17.2. The molecule has 1 N–H and O–H groups in total. The fraction of sp³-hybridized carbons (Fsp3) is 0.333. The molecule has 0 atom stereocenters. The summed E-state index contributed by atoms with van der Waals surface area (Å²) in [6, 6.07) is 5.62. The molecular weight excluding hydrogens is 412 g/mol. The Morgan fingerprint density at radius 2 is 1.75 bits per heavy atom. The van der Waals surface area contributed by atoms with E-state index >= 15 is 0 Å². The van der Waals surface area contributed by atoms with Crippen LogP contribution in [0, 0.1) is 11.6 Å². The summed E-state index contributed by atoms with van der Waals surface area (Å²) >= 11 is 6.27. The molecule has 0 unspecified atom stereocenters. The summed E-state index contributed by atoms with van der Waals surface area (Å²) in [5.74, 6) is -1.59. The standard InChI is InChI=1S/C18H18ClF2N3O3S/c19-12-9-15(23-5-3-22-4-6-23)18-16(10-12)24(7-8-27-18)28(25,26)17-2-1-13(20)11-14(17)21/h1-2,9-11,22H,3-8H2. The molecule has 1 fully saturated rings. The first-order valence-corrected chi connectivity index (χ1v) is 10.6.